The van der Waals surface area contributed by atoms with Crippen LogP contribution in [0.25, 0.3) is 0 Å². The fourth-order valence-corrected chi connectivity index (χ4v) is 1.88. The Morgan fingerprint density at radius 2 is 1.91 bits per heavy atom. The summed E-state index contributed by atoms with van der Waals surface area (Å²) in [6.07, 6.45) is -4.94. The number of amides is 1. The Kier molecular flexibility index (Phi) is 5.74. The molecule has 0 N–H and O–H groups in total. The summed E-state index contributed by atoms with van der Waals surface area (Å²) < 4.78 is 49.0. The number of hydrogen-bond donors (Lipinski definition) is 0. The molecule has 0 unspecified atom stereocenters. The van der Waals surface area contributed by atoms with E-state index in [1.54, 1.807) is 0 Å². The molecule has 0 aromatic heterocycles. The van der Waals surface area contributed by atoms with Crippen molar-refractivity contribution in [3.8, 4) is 11.5 Å². The zero-order valence-electron chi connectivity index (χ0n) is 12.5. The van der Waals surface area contributed by atoms with Crippen LogP contribution in [-0.2, 0) is 4.79 Å². The number of rotatable bonds is 3. The average molecular weight is 322 g/mol. The molecular weight excluding hydrogens is 312 g/mol. The van der Waals surface area contributed by atoms with Gasteiger partial charge in [-0.3, -0.25) is 9.69 Å². The van der Waals surface area contributed by atoms with Gasteiger partial charge in [0.1, 0.15) is 17.2 Å². The van der Waals surface area contributed by atoms with E-state index in [0.29, 0.717) is 10.6 Å². The van der Waals surface area contributed by atoms with Gasteiger partial charge < -0.3 is 14.6 Å². The molecule has 0 saturated carbocycles. The predicted octanol–water partition coefficient (Wildman–Crippen LogP) is -1.78. The maximum absolute atomic E-state index is 13.0. The number of hydrogen-bond acceptors (Lipinski definition) is 5. The van der Waals surface area contributed by atoms with Crippen molar-refractivity contribution in [3.63, 3.8) is 0 Å². The largest absolute Gasteiger partial charge is 1.00 e. The number of carbonyl (C=O) groups is 1. The zero-order valence-corrected chi connectivity index (χ0v) is 12.5. The quantitative estimate of drug-likeness (QED) is 0.375. The number of nitrogens with zero attached hydrogens (tertiary/aromatic N) is 2. The smallest absolute Gasteiger partial charge is 0.876 e. The molecule has 10 heteroatoms. The van der Waals surface area contributed by atoms with Crippen molar-refractivity contribution in [2.45, 2.75) is 6.18 Å². The van der Waals surface area contributed by atoms with Gasteiger partial charge in [0.25, 0.3) is 5.91 Å². The van der Waals surface area contributed by atoms with E-state index in [9.17, 15) is 23.1 Å². The molecule has 1 aliphatic heterocycles. The van der Waals surface area contributed by atoms with Gasteiger partial charge >= 0.3 is 25.0 Å². The van der Waals surface area contributed by atoms with Gasteiger partial charge in [-0.15, -0.1) is 6.26 Å². The van der Waals surface area contributed by atoms with Crippen molar-refractivity contribution in [1.82, 2.24) is 0 Å². The fraction of sp³-hybridized carbons (Fsp3) is 0.231. The molecule has 0 atom stereocenters. The first-order chi connectivity index (χ1) is 10.3. The summed E-state index contributed by atoms with van der Waals surface area (Å²) in [5, 5.41) is 10.7. The van der Waals surface area contributed by atoms with E-state index in [0.717, 1.165) is 0 Å². The first kappa shape index (κ1) is 18.9. The Balaban J connectivity index is 0.00000264. The van der Waals surface area contributed by atoms with E-state index < -0.39 is 23.6 Å². The molecular formula is C13H10F3LiN2O4. The van der Waals surface area contributed by atoms with Crippen LogP contribution in [0.15, 0.2) is 35.2 Å². The second-order valence-electron chi connectivity index (χ2n) is 4.11. The molecule has 1 heterocycles. The van der Waals surface area contributed by atoms with Gasteiger partial charge in [0.15, 0.2) is 0 Å². The monoisotopic (exact) mass is 322 g/mol. The number of anilines is 1. The number of alkyl halides is 3. The molecule has 1 amide bonds. The Bertz CT molecular complexity index is 674. The van der Waals surface area contributed by atoms with E-state index >= 15 is 0 Å². The second-order valence-corrected chi connectivity index (χ2v) is 4.11. The first-order valence-corrected chi connectivity index (χ1v) is 5.88. The molecule has 0 radical (unpaired) electrons. The Hall–Kier alpha value is -2.11. The SMILES string of the molecule is COc1ccc(N2C(=O)/C(=C\[O-])N=C2C(F)(F)F)c(OC)c1.[Li+]. The number of carbonyl (C=O) groups excluding carboxylic acids is 1. The predicted molar refractivity (Wildman–Crippen MR) is 68.6 cm³/mol. The number of ether oxygens (including phenoxy) is 2. The van der Waals surface area contributed by atoms with Crippen molar-refractivity contribution < 1.29 is 51.4 Å². The molecule has 6 nitrogen and oxygen atoms in total. The van der Waals surface area contributed by atoms with Crippen molar-refractivity contribution in [2.24, 2.45) is 4.99 Å². The average Bonchev–Trinajstić information content (AvgIpc) is 2.83. The minimum atomic E-state index is -4.91. The van der Waals surface area contributed by atoms with Gasteiger partial charge in [-0.1, -0.05) is 0 Å². The zero-order chi connectivity index (χ0) is 16.5. The normalized spacial score (nSPS) is 16.2. The first-order valence-electron chi connectivity index (χ1n) is 5.88. The van der Waals surface area contributed by atoms with Crippen LogP contribution in [0.5, 0.6) is 11.5 Å². The van der Waals surface area contributed by atoms with E-state index in [1.807, 2.05) is 0 Å². The van der Waals surface area contributed by atoms with Crippen molar-refractivity contribution in [2.75, 3.05) is 19.1 Å². The van der Waals surface area contributed by atoms with Crippen LogP contribution < -0.4 is 38.3 Å². The van der Waals surface area contributed by atoms with Gasteiger partial charge in [-0.2, -0.15) is 13.2 Å². The van der Waals surface area contributed by atoms with E-state index in [4.69, 9.17) is 9.47 Å². The molecule has 0 spiro atoms. The molecule has 0 fully saturated rings. The summed E-state index contributed by atoms with van der Waals surface area (Å²) in [4.78, 5) is 15.3. The van der Waals surface area contributed by atoms with Crippen LogP contribution in [0.1, 0.15) is 0 Å². The van der Waals surface area contributed by atoms with E-state index in [2.05, 4.69) is 4.99 Å². The van der Waals surface area contributed by atoms with Gasteiger partial charge in [-0.25, -0.2) is 4.99 Å². The molecule has 118 valence electrons. The third-order valence-corrected chi connectivity index (χ3v) is 2.85. The molecule has 0 saturated heterocycles. The maximum atomic E-state index is 13.0. The Morgan fingerprint density at radius 3 is 2.39 bits per heavy atom. The number of aliphatic imine (C=N–C) groups is 1. The van der Waals surface area contributed by atoms with Gasteiger partial charge in [0, 0.05) is 6.07 Å². The van der Waals surface area contributed by atoms with E-state index in [1.165, 1.54) is 32.4 Å². The maximum Gasteiger partial charge on any atom is 1.00 e. The van der Waals surface area contributed by atoms with Gasteiger partial charge in [0.2, 0.25) is 5.84 Å². The number of methoxy groups -OCH3 is 2. The van der Waals surface area contributed by atoms with Crippen LogP contribution in [0.3, 0.4) is 0 Å². The summed E-state index contributed by atoms with van der Waals surface area (Å²) in [5.74, 6) is -2.37. The number of amidine groups is 1. The summed E-state index contributed by atoms with van der Waals surface area (Å²) in [6, 6.07) is 3.89. The van der Waals surface area contributed by atoms with Gasteiger partial charge in [-0.05, 0) is 12.1 Å². The summed E-state index contributed by atoms with van der Waals surface area (Å²) in [7, 11) is 2.60. The van der Waals surface area contributed by atoms with Gasteiger partial charge in [0.05, 0.1) is 19.9 Å². The summed E-state index contributed by atoms with van der Waals surface area (Å²) in [6.45, 7) is 0. The molecule has 1 aromatic rings. The van der Waals surface area contributed by atoms with E-state index in [-0.39, 0.29) is 36.6 Å². The summed E-state index contributed by atoms with van der Waals surface area (Å²) in [5.41, 5.74) is -1.02. The van der Waals surface area contributed by atoms with Crippen LogP contribution in [-0.4, -0.2) is 32.1 Å². The minimum absolute atomic E-state index is 0. The molecule has 0 bridgehead atoms. The van der Waals surface area contributed by atoms with Crippen LogP contribution in [0.4, 0.5) is 18.9 Å². The molecule has 23 heavy (non-hydrogen) atoms. The topological polar surface area (TPSA) is 74.2 Å². The molecule has 2 rings (SSSR count). The third kappa shape index (κ3) is 3.46. The molecule has 1 aliphatic rings. The van der Waals surface area contributed by atoms with Crippen LogP contribution >= 0.6 is 0 Å². The third-order valence-electron chi connectivity index (χ3n) is 2.85. The summed E-state index contributed by atoms with van der Waals surface area (Å²) >= 11 is 0. The molecule has 0 aliphatic carbocycles. The second kappa shape index (κ2) is 6.98. The minimum Gasteiger partial charge on any atom is -0.876 e. The van der Waals surface area contributed by atoms with Crippen LogP contribution in [0.2, 0.25) is 0 Å². The van der Waals surface area contributed by atoms with Crippen molar-refractivity contribution in [1.29, 1.82) is 0 Å². The van der Waals surface area contributed by atoms with Crippen LogP contribution in [0, 0.1) is 0 Å². The standard InChI is InChI=1S/C13H11F3N2O4.Li/c1-21-7-3-4-9(10(5-7)22-2)18-11(20)8(6-19)17-12(18)13(14,15)16;/h3-6,19H,1-2H3;/q;+1/p-1/b8-6+;. The Morgan fingerprint density at radius 1 is 1.26 bits per heavy atom. The van der Waals surface area contributed by atoms with Crippen molar-refractivity contribution in [3.05, 3.63) is 30.2 Å². The van der Waals surface area contributed by atoms with Crippen molar-refractivity contribution >= 4 is 17.4 Å². The Labute approximate surface area is 141 Å². The molecule has 1 aromatic carbocycles. The number of halogens is 3. The number of benzene rings is 1. The fourth-order valence-electron chi connectivity index (χ4n) is 1.88.